The van der Waals surface area contributed by atoms with Gasteiger partial charge < -0.3 is 72.9 Å². The van der Waals surface area contributed by atoms with Crippen LogP contribution in [0.25, 0.3) is 0 Å². The second-order valence-electron chi connectivity index (χ2n) is 17.8. The zero-order chi connectivity index (χ0) is 43.8. The molecule has 3 fully saturated rings. The minimum absolute atomic E-state index is 0.00885. The first-order chi connectivity index (χ1) is 27.8. The number of esters is 1. The van der Waals surface area contributed by atoms with Crippen molar-refractivity contribution in [1.29, 1.82) is 0 Å². The highest BCUT2D eigenvalue weighted by Crippen LogP contribution is 2.37. The average Bonchev–Trinajstić information content (AvgIpc) is 3.13. The molecule has 4 aliphatic rings. The van der Waals surface area contributed by atoms with Crippen molar-refractivity contribution in [2.75, 3.05) is 35.3 Å². The van der Waals surface area contributed by atoms with E-state index in [1.54, 1.807) is 39.8 Å². The molecule has 16 heteroatoms. The van der Waals surface area contributed by atoms with Crippen molar-refractivity contribution < 1.29 is 67.9 Å². The third-order valence-electron chi connectivity index (χ3n) is 12.4. The summed E-state index contributed by atoms with van der Waals surface area (Å²) in [5.74, 6) is -1.47. The minimum Gasteiger partial charge on any atom is -0.462 e. The Morgan fingerprint density at radius 3 is 2.17 bits per heavy atom. The zero-order valence-corrected chi connectivity index (χ0v) is 37.0. The Morgan fingerprint density at radius 2 is 1.56 bits per heavy atom. The molecule has 340 valence electrons. The number of aliphatic hydroxyl groups excluding tert-OH is 3. The van der Waals surface area contributed by atoms with Crippen molar-refractivity contribution in [3.63, 3.8) is 0 Å². The van der Waals surface area contributed by atoms with Gasteiger partial charge in [0.1, 0.15) is 36.8 Å². The first-order valence-corrected chi connectivity index (χ1v) is 21.3. The maximum absolute atomic E-state index is 13.1. The van der Waals surface area contributed by atoms with Gasteiger partial charge in [-0.1, -0.05) is 31.2 Å². The van der Waals surface area contributed by atoms with E-state index in [2.05, 4.69) is 4.90 Å². The highest BCUT2D eigenvalue weighted by Gasteiger charge is 2.52. The molecule has 19 atom stereocenters. The van der Waals surface area contributed by atoms with Crippen LogP contribution >= 0.6 is 0 Å². The van der Waals surface area contributed by atoms with Crippen molar-refractivity contribution in [2.45, 2.75) is 190 Å². The Balaban J connectivity index is 1.66. The van der Waals surface area contributed by atoms with E-state index in [9.17, 15) is 30.0 Å². The van der Waals surface area contributed by atoms with Gasteiger partial charge in [-0.3, -0.25) is 4.79 Å². The number of carbonyl (C=O) groups excluding carboxylic acids is 2. The predicted molar refractivity (Wildman–Crippen MR) is 217 cm³/mol. The number of allylic oxidation sites excluding steroid dienone is 2. The van der Waals surface area contributed by atoms with E-state index < -0.39 is 110 Å². The SMILES string of the molecule is CO[C@@H]1[C@H](O[C@@H]2O[C@H](C)[C@@H](O[C@H]3C[C@@](C)(O)[C@@H](O)[C@H](C)O3)[C@H](N(C)C)[C@@H]2O)[C@@H](CC=O)C[C@@H](C)[C@@H](OC2CC[C@H](N(C)C)[C@@H](C)O2)/C=C/C=C\C[C@@H](C)OC(=O)C[C@H]1O. The van der Waals surface area contributed by atoms with Gasteiger partial charge in [0.2, 0.25) is 0 Å². The predicted octanol–water partition coefficient (Wildman–Crippen LogP) is 2.33. The Bertz CT molecular complexity index is 1370. The lowest BCUT2D eigenvalue weighted by atomic mass is 9.82. The largest absolute Gasteiger partial charge is 0.462 e. The molecule has 4 aliphatic heterocycles. The van der Waals surface area contributed by atoms with Gasteiger partial charge in [0.05, 0.1) is 54.7 Å². The Kier molecular flexibility index (Phi) is 18.9. The molecule has 0 aromatic carbocycles. The first-order valence-electron chi connectivity index (χ1n) is 21.3. The van der Waals surface area contributed by atoms with Crippen LogP contribution in [-0.4, -0.2) is 181 Å². The van der Waals surface area contributed by atoms with Crippen LogP contribution in [0.3, 0.4) is 0 Å². The van der Waals surface area contributed by atoms with Gasteiger partial charge in [-0.2, -0.15) is 0 Å². The highest BCUT2D eigenvalue weighted by atomic mass is 16.7. The van der Waals surface area contributed by atoms with E-state index in [1.165, 1.54) is 14.0 Å². The van der Waals surface area contributed by atoms with Gasteiger partial charge >= 0.3 is 5.97 Å². The smallest absolute Gasteiger partial charge is 0.308 e. The number of rotatable bonds is 11. The normalized spacial score (nSPS) is 45.8. The number of hydrogen-bond donors (Lipinski definition) is 4. The van der Waals surface area contributed by atoms with Gasteiger partial charge in [-0.25, -0.2) is 0 Å². The summed E-state index contributed by atoms with van der Waals surface area (Å²) in [6.45, 7) is 10.8. The van der Waals surface area contributed by atoms with Crippen LogP contribution in [0.1, 0.15) is 86.5 Å². The Labute approximate surface area is 351 Å². The van der Waals surface area contributed by atoms with Gasteiger partial charge in [0.15, 0.2) is 18.9 Å². The van der Waals surface area contributed by atoms with Crippen LogP contribution < -0.4 is 0 Å². The molecule has 0 saturated carbocycles. The molecule has 16 nitrogen and oxygen atoms in total. The standard InChI is InChI=1S/C43H74N2O14/c1-24-21-29(19-20-46)39(59-42-37(49)36(45(9)10)38(27(4)56-42)58-35-23-43(6,51)41(50)28(5)55-35)40(52-11)31(47)22-33(48)53-25(2)15-13-12-14-16-32(24)57-34-18-17-30(44(7)8)26(3)54-34/h12-14,16,20,24-32,34-42,47,49-51H,15,17-19,21-23H2,1-11H3/b13-12-,16-14+/t24-,25-,26-,27-,28+,29+,30+,31-,32+,34?,35+,36-,37+,38-,39-,40+,41+,42+,43-/m1/s1. The molecule has 0 bridgehead atoms. The summed E-state index contributed by atoms with van der Waals surface area (Å²) in [5, 5.41) is 45.1. The van der Waals surface area contributed by atoms with Crippen LogP contribution in [-0.2, 0) is 47.5 Å². The lowest BCUT2D eigenvalue weighted by Gasteiger charge is -2.50. The monoisotopic (exact) mass is 843 g/mol. The molecule has 3 saturated heterocycles. The summed E-state index contributed by atoms with van der Waals surface area (Å²) in [6, 6.07) is -0.466. The zero-order valence-electron chi connectivity index (χ0n) is 37.0. The number of ether oxygens (including phenoxy) is 8. The number of hydrogen-bond acceptors (Lipinski definition) is 16. The topological polar surface area (TPSA) is 195 Å². The highest BCUT2D eigenvalue weighted by molar-refractivity contribution is 5.70. The van der Waals surface area contributed by atoms with E-state index in [-0.39, 0.29) is 30.9 Å². The van der Waals surface area contributed by atoms with E-state index in [0.29, 0.717) is 19.3 Å². The number of cyclic esters (lactones) is 1. The van der Waals surface area contributed by atoms with Crippen LogP contribution in [0.15, 0.2) is 24.3 Å². The van der Waals surface area contributed by atoms with E-state index in [0.717, 1.165) is 12.7 Å². The fourth-order valence-corrected chi connectivity index (χ4v) is 9.10. The van der Waals surface area contributed by atoms with Crippen molar-refractivity contribution in [3.8, 4) is 0 Å². The summed E-state index contributed by atoms with van der Waals surface area (Å²) in [6.07, 6.45) is -1.56. The Morgan fingerprint density at radius 1 is 0.864 bits per heavy atom. The second-order valence-corrected chi connectivity index (χ2v) is 17.8. The quantitative estimate of drug-likeness (QED) is 0.175. The van der Waals surface area contributed by atoms with Crippen LogP contribution in [0.4, 0.5) is 0 Å². The molecular weight excluding hydrogens is 768 g/mol. The van der Waals surface area contributed by atoms with Crippen molar-refractivity contribution in [3.05, 3.63) is 24.3 Å². The first kappa shape index (κ1) is 49.8. The van der Waals surface area contributed by atoms with E-state index in [4.69, 9.17) is 37.9 Å². The maximum Gasteiger partial charge on any atom is 0.308 e. The van der Waals surface area contributed by atoms with Crippen molar-refractivity contribution in [2.24, 2.45) is 11.8 Å². The number of carbonyl (C=O) groups is 2. The summed E-state index contributed by atoms with van der Waals surface area (Å²) in [4.78, 5) is 29.5. The van der Waals surface area contributed by atoms with E-state index in [1.807, 2.05) is 52.2 Å². The number of methoxy groups -OCH3 is 1. The lowest BCUT2D eigenvalue weighted by Crippen LogP contribution is -2.65. The average molecular weight is 843 g/mol. The number of aliphatic hydroxyl groups is 4. The number of likely N-dealkylation sites (N-methyl/N-ethyl adjacent to an activating group) is 2. The molecule has 4 N–H and O–H groups in total. The van der Waals surface area contributed by atoms with Gasteiger partial charge in [-0.05, 0) is 93.9 Å². The molecular formula is C43H74N2O14. The molecule has 1 unspecified atom stereocenters. The minimum atomic E-state index is -1.47. The van der Waals surface area contributed by atoms with Crippen molar-refractivity contribution >= 4 is 12.3 Å². The van der Waals surface area contributed by atoms with Gasteiger partial charge in [-0.15, -0.1) is 0 Å². The van der Waals surface area contributed by atoms with Crippen LogP contribution in [0.5, 0.6) is 0 Å². The molecule has 4 rings (SSSR count). The molecule has 0 aliphatic carbocycles. The molecule has 0 radical (unpaired) electrons. The fourth-order valence-electron chi connectivity index (χ4n) is 9.10. The van der Waals surface area contributed by atoms with Crippen LogP contribution in [0, 0.1) is 11.8 Å². The fraction of sp³-hybridized carbons (Fsp3) is 0.860. The van der Waals surface area contributed by atoms with Gasteiger partial charge in [0, 0.05) is 32.4 Å². The lowest BCUT2D eigenvalue weighted by molar-refractivity contribution is -0.344. The molecule has 0 amide bonds. The summed E-state index contributed by atoms with van der Waals surface area (Å²) in [7, 11) is 9.03. The molecule has 4 heterocycles. The van der Waals surface area contributed by atoms with Gasteiger partial charge in [0.25, 0.3) is 0 Å². The molecule has 59 heavy (non-hydrogen) atoms. The second kappa shape index (κ2) is 22.5. The summed E-state index contributed by atoms with van der Waals surface area (Å²) >= 11 is 0. The maximum atomic E-state index is 13.1. The molecule has 0 aromatic heterocycles. The van der Waals surface area contributed by atoms with Crippen LogP contribution in [0.2, 0.25) is 0 Å². The Hall–Kier alpha value is -1.90. The summed E-state index contributed by atoms with van der Waals surface area (Å²) in [5.41, 5.74) is -1.47. The molecule has 0 spiro atoms. The van der Waals surface area contributed by atoms with Crippen molar-refractivity contribution in [1.82, 2.24) is 9.80 Å². The van der Waals surface area contributed by atoms with E-state index >= 15 is 0 Å². The molecule has 0 aromatic rings. The number of aldehydes is 1. The third kappa shape index (κ3) is 13.3. The third-order valence-corrected chi connectivity index (χ3v) is 12.4. The summed E-state index contributed by atoms with van der Waals surface area (Å²) < 4.78 is 50.0. The number of nitrogens with zero attached hydrogens (tertiary/aromatic N) is 2.